The van der Waals surface area contributed by atoms with Crippen LogP contribution >= 0.6 is 0 Å². The molecular formula is C21H26N2O6S2. The van der Waals surface area contributed by atoms with E-state index in [1.165, 1.54) is 29.6 Å². The van der Waals surface area contributed by atoms with Gasteiger partial charge in [0.25, 0.3) is 0 Å². The van der Waals surface area contributed by atoms with E-state index in [0.29, 0.717) is 24.2 Å². The Hall–Kier alpha value is -2.43. The molecule has 0 radical (unpaired) electrons. The maximum absolute atomic E-state index is 13.4. The lowest BCUT2D eigenvalue weighted by atomic mass is 10.1. The minimum Gasteiger partial charge on any atom is -0.465 e. The zero-order valence-electron chi connectivity index (χ0n) is 17.9. The highest BCUT2D eigenvalue weighted by Gasteiger charge is 2.35. The van der Waals surface area contributed by atoms with Crippen LogP contribution < -0.4 is 4.90 Å². The number of methoxy groups -OCH3 is 1. The molecule has 0 bridgehead atoms. The molecule has 0 saturated carbocycles. The summed E-state index contributed by atoms with van der Waals surface area (Å²) < 4.78 is 56.6. The average molecular weight is 467 g/mol. The molecule has 1 unspecified atom stereocenters. The van der Waals surface area contributed by atoms with Crippen molar-refractivity contribution in [2.75, 3.05) is 37.9 Å². The molecule has 1 atom stereocenters. The number of benzene rings is 2. The van der Waals surface area contributed by atoms with E-state index in [0.717, 1.165) is 11.9 Å². The SMILES string of the molecule is COC(=O)c1ccc(N2CCN(S(=O)(=O)c3cc(S(C)(=O)=O)ccc3C)C(C)C2)cc1. The molecule has 2 aromatic carbocycles. The van der Waals surface area contributed by atoms with Gasteiger partial charge in [-0.15, -0.1) is 0 Å². The largest absolute Gasteiger partial charge is 0.465 e. The maximum atomic E-state index is 13.4. The molecule has 10 heteroatoms. The maximum Gasteiger partial charge on any atom is 0.337 e. The number of piperazine rings is 1. The Labute approximate surface area is 183 Å². The molecule has 168 valence electrons. The van der Waals surface area contributed by atoms with Crippen molar-refractivity contribution in [3.05, 3.63) is 53.6 Å². The molecule has 1 aliphatic heterocycles. The monoisotopic (exact) mass is 466 g/mol. The summed E-state index contributed by atoms with van der Waals surface area (Å²) in [6.45, 7) is 4.66. The molecule has 1 aliphatic rings. The summed E-state index contributed by atoms with van der Waals surface area (Å²) in [7, 11) is -6.07. The lowest BCUT2D eigenvalue weighted by Gasteiger charge is -2.40. The Kier molecular flexibility index (Phi) is 6.45. The summed E-state index contributed by atoms with van der Waals surface area (Å²) in [5, 5.41) is 0. The van der Waals surface area contributed by atoms with E-state index in [4.69, 9.17) is 4.74 Å². The van der Waals surface area contributed by atoms with Gasteiger partial charge >= 0.3 is 5.97 Å². The number of sulfone groups is 1. The summed E-state index contributed by atoms with van der Waals surface area (Å²) in [6.07, 6.45) is 1.06. The van der Waals surface area contributed by atoms with Gasteiger partial charge in [0.1, 0.15) is 0 Å². The second kappa shape index (κ2) is 8.60. The fraction of sp³-hybridized carbons (Fsp3) is 0.381. The van der Waals surface area contributed by atoms with Crippen LogP contribution in [0.1, 0.15) is 22.8 Å². The van der Waals surface area contributed by atoms with Gasteiger partial charge in [0, 0.05) is 37.6 Å². The zero-order chi connectivity index (χ0) is 23.0. The van der Waals surface area contributed by atoms with Crippen molar-refractivity contribution in [2.24, 2.45) is 0 Å². The molecule has 31 heavy (non-hydrogen) atoms. The molecule has 1 heterocycles. The number of hydrogen-bond donors (Lipinski definition) is 0. The van der Waals surface area contributed by atoms with E-state index in [9.17, 15) is 21.6 Å². The first-order valence-corrected chi connectivity index (χ1v) is 13.0. The standard InChI is InChI=1S/C21H26N2O6S2/c1-15-5-10-19(30(4,25)26)13-20(15)31(27,28)23-12-11-22(14-16(23)2)18-8-6-17(7-9-18)21(24)29-3/h5-10,13,16H,11-12,14H2,1-4H3. The van der Waals surface area contributed by atoms with Crippen LogP contribution in [-0.4, -0.2) is 66.2 Å². The number of ether oxygens (including phenoxy) is 1. The van der Waals surface area contributed by atoms with Gasteiger partial charge < -0.3 is 9.64 Å². The van der Waals surface area contributed by atoms with Crippen LogP contribution in [0.25, 0.3) is 0 Å². The third kappa shape index (κ3) is 4.76. The first-order valence-electron chi connectivity index (χ1n) is 9.71. The Morgan fingerprint density at radius 1 is 1.03 bits per heavy atom. The van der Waals surface area contributed by atoms with Gasteiger partial charge in [0.15, 0.2) is 9.84 Å². The summed E-state index contributed by atoms with van der Waals surface area (Å²) in [6, 6.07) is 10.8. The van der Waals surface area contributed by atoms with Crippen molar-refractivity contribution in [2.45, 2.75) is 29.7 Å². The molecule has 8 nitrogen and oxygen atoms in total. The number of rotatable bonds is 5. The van der Waals surface area contributed by atoms with Crippen LogP contribution in [0.3, 0.4) is 0 Å². The second-order valence-corrected chi connectivity index (χ2v) is 11.5. The smallest absolute Gasteiger partial charge is 0.337 e. The van der Waals surface area contributed by atoms with Crippen molar-refractivity contribution >= 4 is 31.5 Å². The molecular weight excluding hydrogens is 440 g/mol. The lowest BCUT2D eigenvalue weighted by Crippen LogP contribution is -2.54. The van der Waals surface area contributed by atoms with Crippen molar-refractivity contribution in [1.82, 2.24) is 4.31 Å². The fourth-order valence-corrected chi connectivity index (χ4v) is 6.26. The second-order valence-electron chi connectivity index (χ2n) is 7.65. The summed E-state index contributed by atoms with van der Waals surface area (Å²) in [5.41, 5.74) is 1.83. The third-order valence-electron chi connectivity index (χ3n) is 5.39. The van der Waals surface area contributed by atoms with Gasteiger partial charge in [-0.1, -0.05) is 6.07 Å². The van der Waals surface area contributed by atoms with E-state index >= 15 is 0 Å². The fourth-order valence-electron chi connectivity index (χ4n) is 3.67. The van der Waals surface area contributed by atoms with Crippen molar-refractivity contribution in [3.8, 4) is 0 Å². The minimum absolute atomic E-state index is 0.0122. The number of carbonyl (C=O) groups is 1. The first-order chi connectivity index (χ1) is 14.4. The lowest BCUT2D eigenvalue weighted by molar-refractivity contribution is 0.0600. The predicted molar refractivity (Wildman–Crippen MR) is 118 cm³/mol. The zero-order valence-corrected chi connectivity index (χ0v) is 19.5. The normalized spacial score (nSPS) is 18.1. The van der Waals surface area contributed by atoms with Crippen LogP contribution in [0.2, 0.25) is 0 Å². The van der Waals surface area contributed by atoms with Gasteiger partial charge in [-0.25, -0.2) is 21.6 Å². The summed E-state index contributed by atoms with van der Waals surface area (Å²) >= 11 is 0. The third-order valence-corrected chi connectivity index (χ3v) is 8.66. The van der Waals surface area contributed by atoms with E-state index in [1.807, 2.05) is 19.1 Å². The average Bonchev–Trinajstić information content (AvgIpc) is 2.72. The van der Waals surface area contributed by atoms with Crippen molar-refractivity contribution < 1.29 is 26.4 Å². The quantitative estimate of drug-likeness (QED) is 0.622. The molecule has 0 amide bonds. The summed E-state index contributed by atoms with van der Waals surface area (Å²) in [5.74, 6) is -0.414. The number of hydrogen-bond acceptors (Lipinski definition) is 7. The Morgan fingerprint density at radius 2 is 1.68 bits per heavy atom. The molecule has 0 N–H and O–H groups in total. The molecule has 0 aliphatic carbocycles. The van der Waals surface area contributed by atoms with Crippen LogP contribution in [0.5, 0.6) is 0 Å². The van der Waals surface area contributed by atoms with E-state index in [-0.39, 0.29) is 22.4 Å². The van der Waals surface area contributed by atoms with Crippen LogP contribution in [0.15, 0.2) is 52.3 Å². The van der Waals surface area contributed by atoms with Gasteiger partial charge in [-0.3, -0.25) is 0 Å². The number of nitrogens with zero attached hydrogens (tertiary/aromatic N) is 2. The number of aryl methyl sites for hydroxylation is 1. The molecule has 0 aromatic heterocycles. The van der Waals surface area contributed by atoms with E-state index < -0.39 is 25.8 Å². The van der Waals surface area contributed by atoms with Gasteiger partial charge in [0.2, 0.25) is 10.0 Å². The number of anilines is 1. The minimum atomic E-state index is -3.87. The molecule has 0 spiro atoms. The Morgan fingerprint density at radius 3 is 2.23 bits per heavy atom. The highest BCUT2D eigenvalue weighted by molar-refractivity contribution is 7.91. The van der Waals surface area contributed by atoms with E-state index in [1.54, 1.807) is 19.1 Å². The van der Waals surface area contributed by atoms with Crippen LogP contribution in [-0.2, 0) is 24.6 Å². The first kappa shape index (κ1) is 23.2. The predicted octanol–water partition coefficient (Wildman–Crippen LogP) is 2.08. The van der Waals surface area contributed by atoms with Gasteiger partial charge in [-0.2, -0.15) is 4.31 Å². The van der Waals surface area contributed by atoms with Crippen molar-refractivity contribution in [3.63, 3.8) is 0 Å². The van der Waals surface area contributed by atoms with Crippen LogP contribution in [0, 0.1) is 6.92 Å². The Bertz CT molecular complexity index is 1190. The Balaban J connectivity index is 1.83. The molecule has 1 saturated heterocycles. The van der Waals surface area contributed by atoms with Gasteiger partial charge in [0.05, 0.1) is 22.5 Å². The van der Waals surface area contributed by atoms with Crippen LogP contribution in [0.4, 0.5) is 5.69 Å². The topological polar surface area (TPSA) is 101 Å². The van der Waals surface area contributed by atoms with Crippen molar-refractivity contribution in [1.29, 1.82) is 0 Å². The molecule has 1 fully saturated rings. The highest BCUT2D eigenvalue weighted by atomic mass is 32.2. The summed E-state index contributed by atoms with van der Waals surface area (Å²) in [4.78, 5) is 13.7. The number of carbonyl (C=O) groups excluding carboxylic acids is 1. The number of esters is 1. The van der Waals surface area contributed by atoms with E-state index in [2.05, 4.69) is 4.90 Å². The highest BCUT2D eigenvalue weighted by Crippen LogP contribution is 2.28. The number of sulfonamides is 1. The molecule has 2 aromatic rings. The van der Waals surface area contributed by atoms with Gasteiger partial charge in [-0.05, 0) is 55.8 Å². The molecule has 3 rings (SSSR count).